The summed E-state index contributed by atoms with van der Waals surface area (Å²) in [5.41, 5.74) is 4.76. The molecule has 0 radical (unpaired) electrons. The Morgan fingerprint density at radius 2 is 1.79 bits per heavy atom. The third-order valence-electron chi connectivity index (χ3n) is 4.85. The van der Waals surface area contributed by atoms with E-state index in [9.17, 15) is 15.0 Å². The van der Waals surface area contributed by atoms with Gasteiger partial charge in [-0.25, -0.2) is 5.43 Å². The number of carbonyl (C=O) groups excluding carboxylic acids is 1. The highest BCUT2D eigenvalue weighted by Crippen LogP contribution is 2.40. The summed E-state index contributed by atoms with van der Waals surface area (Å²) in [6.45, 7) is 0.583. The van der Waals surface area contributed by atoms with Crippen LogP contribution in [0.25, 0.3) is 6.08 Å². The van der Waals surface area contributed by atoms with E-state index < -0.39 is 5.91 Å². The van der Waals surface area contributed by atoms with Crippen LogP contribution in [-0.4, -0.2) is 29.1 Å². The maximum Gasteiger partial charge on any atom is 0.287 e. The predicted octanol–water partition coefficient (Wildman–Crippen LogP) is 4.63. The Hall–Kier alpha value is -3.50. The zero-order valence-corrected chi connectivity index (χ0v) is 20.8. The van der Waals surface area contributed by atoms with Gasteiger partial charge in [-0.1, -0.05) is 36.4 Å². The summed E-state index contributed by atoms with van der Waals surface area (Å²) >= 11 is 6.31. The number of amides is 1. The van der Waals surface area contributed by atoms with Crippen LogP contribution in [0.1, 0.15) is 16.7 Å². The van der Waals surface area contributed by atoms with Gasteiger partial charge < -0.3 is 25.0 Å². The van der Waals surface area contributed by atoms with Gasteiger partial charge >= 0.3 is 0 Å². The molecule has 174 valence electrons. The number of nitrogens with one attached hydrogen (secondary N) is 2. The summed E-state index contributed by atoms with van der Waals surface area (Å²) in [5, 5.41) is 27.1. The van der Waals surface area contributed by atoms with Crippen LogP contribution < -0.4 is 20.2 Å². The second-order valence-corrected chi connectivity index (χ2v) is 8.82. The number of benzene rings is 3. The zero-order valence-electron chi connectivity index (χ0n) is 17.6. The van der Waals surface area contributed by atoms with Gasteiger partial charge in [-0.15, -0.1) is 0 Å². The molecule has 0 saturated carbocycles. The number of hydrazone groups is 1. The van der Waals surface area contributed by atoms with E-state index in [1.165, 1.54) is 12.3 Å². The quantitative estimate of drug-likeness (QED) is 0.182. The number of aromatic hydroxyl groups is 2. The predicted molar refractivity (Wildman–Crippen MR) is 135 cm³/mol. The fraction of sp³-hybridized carbons (Fsp3) is 0.0833. The molecule has 1 aliphatic heterocycles. The van der Waals surface area contributed by atoms with Crippen molar-refractivity contribution in [3.8, 4) is 23.0 Å². The average molecular weight is 589 g/mol. The minimum Gasteiger partial charge on any atom is -0.506 e. The van der Waals surface area contributed by atoms with Gasteiger partial charge in [-0.2, -0.15) is 5.10 Å². The number of nitrogens with zero attached hydrogens (tertiary/aromatic N) is 1. The third kappa shape index (κ3) is 5.52. The minimum absolute atomic E-state index is 0.113. The van der Waals surface area contributed by atoms with Crippen molar-refractivity contribution in [2.75, 3.05) is 6.79 Å². The van der Waals surface area contributed by atoms with Crippen molar-refractivity contribution in [2.24, 2.45) is 5.10 Å². The van der Waals surface area contributed by atoms with E-state index in [1.807, 2.05) is 36.4 Å². The van der Waals surface area contributed by atoms with E-state index in [-0.39, 0.29) is 34.0 Å². The van der Waals surface area contributed by atoms with Crippen molar-refractivity contribution >= 4 is 50.1 Å². The number of rotatable bonds is 7. The van der Waals surface area contributed by atoms with Crippen LogP contribution in [0.15, 0.2) is 74.3 Å². The van der Waals surface area contributed by atoms with Gasteiger partial charge in [0.05, 0.1) is 10.7 Å². The molecule has 0 aromatic heterocycles. The van der Waals surface area contributed by atoms with Gasteiger partial charge in [-0.05, 0) is 67.3 Å². The molecule has 0 bridgehead atoms. The lowest BCUT2D eigenvalue weighted by molar-refractivity contribution is -0.117. The molecule has 10 heteroatoms. The van der Waals surface area contributed by atoms with Gasteiger partial charge in [0.1, 0.15) is 21.7 Å². The van der Waals surface area contributed by atoms with Gasteiger partial charge in [0.15, 0.2) is 11.5 Å². The van der Waals surface area contributed by atoms with Gasteiger partial charge in [0.2, 0.25) is 6.79 Å². The van der Waals surface area contributed by atoms with E-state index in [0.29, 0.717) is 22.5 Å². The fourth-order valence-electron chi connectivity index (χ4n) is 3.10. The highest BCUT2D eigenvalue weighted by molar-refractivity contribution is 9.11. The molecule has 4 N–H and O–H groups in total. The second kappa shape index (κ2) is 10.6. The van der Waals surface area contributed by atoms with E-state index in [2.05, 4.69) is 47.7 Å². The number of halogens is 2. The Kier molecular flexibility index (Phi) is 7.39. The van der Waals surface area contributed by atoms with Crippen molar-refractivity contribution in [1.29, 1.82) is 0 Å². The first-order chi connectivity index (χ1) is 16.4. The first kappa shape index (κ1) is 23.7. The molecule has 0 aliphatic carbocycles. The Labute approximate surface area is 212 Å². The van der Waals surface area contributed by atoms with Crippen LogP contribution in [0, 0.1) is 0 Å². The molecule has 3 aromatic rings. The number of fused-ring (bicyclic) bond motifs is 1. The molecule has 1 amide bonds. The van der Waals surface area contributed by atoms with Crippen molar-refractivity contribution in [2.45, 2.75) is 6.54 Å². The number of ether oxygens (including phenoxy) is 2. The lowest BCUT2D eigenvalue weighted by Gasteiger charge is -2.11. The zero-order chi connectivity index (χ0) is 24.1. The lowest BCUT2D eigenvalue weighted by Crippen LogP contribution is -2.28. The number of hydrogen-bond acceptors (Lipinski definition) is 7. The van der Waals surface area contributed by atoms with Crippen molar-refractivity contribution in [3.63, 3.8) is 0 Å². The molecule has 0 spiro atoms. The fourth-order valence-corrected chi connectivity index (χ4v) is 4.25. The van der Waals surface area contributed by atoms with Crippen LogP contribution in [0.3, 0.4) is 0 Å². The molecule has 0 atom stereocenters. The molecule has 1 heterocycles. The van der Waals surface area contributed by atoms with Crippen LogP contribution in [0.4, 0.5) is 0 Å². The highest BCUT2D eigenvalue weighted by Gasteiger charge is 2.15. The molecular weight excluding hydrogens is 570 g/mol. The molecule has 0 unspecified atom stereocenters. The van der Waals surface area contributed by atoms with Gasteiger partial charge in [-0.3, -0.25) is 4.79 Å². The summed E-state index contributed by atoms with van der Waals surface area (Å²) in [6, 6.07) is 16.5. The maximum atomic E-state index is 12.9. The van der Waals surface area contributed by atoms with E-state index in [1.54, 1.807) is 18.2 Å². The van der Waals surface area contributed by atoms with Crippen LogP contribution in [0.5, 0.6) is 23.0 Å². The topological polar surface area (TPSA) is 112 Å². The molecule has 34 heavy (non-hydrogen) atoms. The highest BCUT2D eigenvalue weighted by atomic mass is 79.9. The molecule has 3 aromatic carbocycles. The summed E-state index contributed by atoms with van der Waals surface area (Å²) in [7, 11) is 0. The lowest BCUT2D eigenvalue weighted by atomic mass is 10.1. The Morgan fingerprint density at radius 1 is 1.03 bits per heavy atom. The van der Waals surface area contributed by atoms with E-state index in [0.717, 1.165) is 11.1 Å². The molecule has 4 rings (SSSR count). The number of phenolic OH excluding ortho intramolecular Hbond substituents is 2. The van der Waals surface area contributed by atoms with Crippen LogP contribution >= 0.6 is 31.9 Å². The van der Waals surface area contributed by atoms with Crippen molar-refractivity contribution in [1.82, 2.24) is 10.7 Å². The third-order valence-corrected chi connectivity index (χ3v) is 6.20. The first-order valence-corrected chi connectivity index (χ1v) is 11.6. The van der Waals surface area contributed by atoms with Crippen LogP contribution in [0.2, 0.25) is 0 Å². The van der Waals surface area contributed by atoms with Crippen molar-refractivity contribution < 1.29 is 24.5 Å². The summed E-state index contributed by atoms with van der Waals surface area (Å²) in [4.78, 5) is 12.9. The monoisotopic (exact) mass is 587 g/mol. The molecule has 0 saturated heterocycles. The first-order valence-electron chi connectivity index (χ1n) is 10.0. The smallest absolute Gasteiger partial charge is 0.287 e. The minimum atomic E-state index is -0.485. The Bertz CT molecular complexity index is 1280. The van der Waals surface area contributed by atoms with Crippen molar-refractivity contribution in [3.05, 3.63) is 85.9 Å². The Morgan fingerprint density at radius 3 is 2.59 bits per heavy atom. The second-order valence-electron chi connectivity index (χ2n) is 7.17. The Balaban J connectivity index is 1.54. The van der Waals surface area contributed by atoms with Gasteiger partial charge in [0.25, 0.3) is 5.91 Å². The van der Waals surface area contributed by atoms with Gasteiger partial charge in [0, 0.05) is 12.1 Å². The number of phenols is 2. The molecular formula is C24H19Br2N3O5. The average Bonchev–Trinajstić information content (AvgIpc) is 3.32. The molecule has 8 nitrogen and oxygen atoms in total. The number of carbonyl (C=O) groups is 1. The molecule has 0 fully saturated rings. The molecule has 1 aliphatic rings. The summed E-state index contributed by atoms with van der Waals surface area (Å²) < 4.78 is 11.2. The largest absolute Gasteiger partial charge is 0.506 e. The SMILES string of the molecule is O=C(N/N=C/c1cc(Br)c(O)c(Br)c1O)/C(=C\c1ccc2c(c1)OCO2)NCc1ccccc1. The van der Waals surface area contributed by atoms with E-state index in [4.69, 9.17) is 9.47 Å². The maximum absolute atomic E-state index is 12.9. The normalized spacial score (nSPS) is 12.7. The number of hydrogen-bond donors (Lipinski definition) is 4. The van der Waals surface area contributed by atoms with E-state index >= 15 is 0 Å². The summed E-state index contributed by atoms with van der Waals surface area (Å²) in [5.74, 6) is 0.417. The standard InChI is InChI=1S/C24H19Br2N3O5/c25-17-10-16(22(30)21(26)23(17)31)12-28-29-24(32)18(27-11-14-4-2-1-3-5-14)8-15-6-7-19-20(9-15)34-13-33-19/h1-10,12,27,30-31H,11,13H2,(H,29,32)/b18-8+,28-12+. The van der Waals surface area contributed by atoms with Crippen LogP contribution in [-0.2, 0) is 11.3 Å². The summed E-state index contributed by atoms with van der Waals surface area (Å²) in [6.07, 6.45) is 2.96.